The van der Waals surface area contributed by atoms with E-state index in [0.29, 0.717) is 28.3 Å². The van der Waals surface area contributed by atoms with Gasteiger partial charge in [-0.15, -0.1) is 11.3 Å². The average Bonchev–Trinajstić information content (AvgIpc) is 2.60. The van der Waals surface area contributed by atoms with Crippen LogP contribution < -0.4 is 4.72 Å². The van der Waals surface area contributed by atoms with Crippen molar-refractivity contribution in [1.29, 1.82) is 0 Å². The zero-order valence-electron chi connectivity index (χ0n) is 8.20. The van der Waals surface area contributed by atoms with E-state index in [1.165, 1.54) is 11.3 Å². The molecule has 1 aromatic heterocycles. The van der Waals surface area contributed by atoms with E-state index in [2.05, 4.69) is 20.7 Å². The van der Waals surface area contributed by atoms with Crippen molar-refractivity contribution in [3.05, 3.63) is 15.9 Å². The highest BCUT2D eigenvalue weighted by atomic mass is 79.9. The Morgan fingerprint density at radius 2 is 2.33 bits per heavy atom. The van der Waals surface area contributed by atoms with Crippen molar-refractivity contribution < 1.29 is 13.2 Å². The molecule has 0 atom stereocenters. The van der Waals surface area contributed by atoms with Gasteiger partial charge in [0, 0.05) is 24.7 Å². The fourth-order valence-corrected chi connectivity index (χ4v) is 4.41. The van der Waals surface area contributed by atoms with Gasteiger partial charge in [0.05, 0.1) is 0 Å². The number of methoxy groups -OCH3 is 1. The van der Waals surface area contributed by atoms with E-state index in [1.54, 1.807) is 18.6 Å². The molecule has 0 saturated heterocycles. The van der Waals surface area contributed by atoms with Crippen LogP contribution >= 0.6 is 27.3 Å². The second-order valence-corrected chi connectivity index (χ2v) is 6.53. The number of halogens is 1. The normalized spacial score (nSPS) is 11.9. The van der Waals surface area contributed by atoms with Crippen LogP contribution in [0, 0.1) is 0 Å². The lowest BCUT2D eigenvalue weighted by molar-refractivity contribution is 0.196. The number of hydrogen-bond acceptors (Lipinski definition) is 4. The van der Waals surface area contributed by atoms with Crippen LogP contribution in [-0.4, -0.2) is 28.7 Å². The summed E-state index contributed by atoms with van der Waals surface area (Å²) < 4.78 is 31.7. The molecule has 0 bridgehead atoms. The summed E-state index contributed by atoms with van der Waals surface area (Å²) in [5, 5.41) is 1.73. The zero-order valence-corrected chi connectivity index (χ0v) is 11.4. The first-order chi connectivity index (χ1) is 7.08. The highest BCUT2D eigenvalue weighted by Gasteiger charge is 2.17. The minimum atomic E-state index is -3.36. The van der Waals surface area contributed by atoms with Gasteiger partial charge in [-0.2, -0.15) is 0 Å². The van der Waals surface area contributed by atoms with Crippen LogP contribution in [0.3, 0.4) is 0 Å². The minimum absolute atomic E-state index is 0.319. The van der Waals surface area contributed by atoms with Crippen molar-refractivity contribution in [3.8, 4) is 0 Å². The predicted octanol–water partition coefficient (Wildman–Crippen LogP) is 1.83. The molecule has 0 aliphatic heterocycles. The Balaban J connectivity index is 2.57. The van der Waals surface area contributed by atoms with Crippen molar-refractivity contribution in [2.45, 2.75) is 10.6 Å². The summed E-state index contributed by atoms with van der Waals surface area (Å²) in [5.41, 5.74) is 0. The molecule has 1 heterocycles. The first-order valence-corrected chi connectivity index (χ1v) is 7.45. The molecule has 0 aliphatic carbocycles. The third kappa shape index (κ3) is 3.84. The molecule has 1 rings (SSSR count). The molecule has 1 aromatic rings. The van der Waals surface area contributed by atoms with Gasteiger partial charge in [-0.25, -0.2) is 13.1 Å². The van der Waals surface area contributed by atoms with Gasteiger partial charge in [-0.1, -0.05) is 0 Å². The van der Waals surface area contributed by atoms with Gasteiger partial charge in [0.15, 0.2) is 0 Å². The van der Waals surface area contributed by atoms with Crippen molar-refractivity contribution in [1.82, 2.24) is 4.72 Å². The lowest BCUT2D eigenvalue weighted by Gasteiger charge is -2.04. The van der Waals surface area contributed by atoms with Crippen molar-refractivity contribution in [2.75, 3.05) is 20.3 Å². The Bertz CT molecular complexity index is 402. The van der Waals surface area contributed by atoms with Crippen molar-refractivity contribution in [2.24, 2.45) is 0 Å². The highest BCUT2D eigenvalue weighted by molar-refractivity contribution is 9.10. The Kier molecular flexibility index (Phi) is 5.20. The summed E-state index contributed by atoms with van der Waals surface area (Å²) in [6.07, 6.45) is 0.665. The largest absolute Gasteiger partial charge is 0.385 e. The summed E-state index contributed by atoms with van der Waals surface area (Å²) >= 11 is 4.38. The van der Waals surface area contributed by atoms with Gasteiger partial charge >= 0.3 is 0 Å². The van der Waals surface area contributed by atoms with Crippen LogP contribution in [0.5, 0.6) is 0 Å². The molecule has 7 heteroatoms. The van der Waals surface area contributed by atoms with E-state index in [1.807, 2.05) is 0 Å². The molecule has 0 amide bonds. The molecule has 0 saturated carbocycles. The molecule has 0 radical (unpaired) electrons. The quantitative estimate of drug-likeness (QED) is 0.815. The van der Waals surface area contributed by atoms with E-state index in [9.17, 15) is 8.42 Å². The standard InChI is InChI=1S/C8H12BrNO3S2/c1-13-5-2-4-10-15(11,12)8-7(9)3-6-14-8/h3,6,10H,2,4-5H2,1H3. The maximum Gasteiger partial charge on any atom is 0.251 e. The van der Waals surface area contributed by atoms with Crippen LogP contribution in [0.15, 0.2) is 20.1 Å². The molecular formula is C8H12BrNO3S2. The second-order valence-electron chi connectivity index (χ2n) is 2.80. The number of sulfonamides is 1. The van der Waals surface area contributed by atoms with Crippen LogP contribution in [-0.2, 0) is 14.8 Å². The molecule has 0 spiro atoms. The van der Waals surface area contributed by atoms with Gasteiger partial charge < -0.3 is 4.74 Å². The fourth-order valence-electron chi connectivity index (χ4n) is 0.960. The van der Waals surface area contributed by atoms with Gasteiger partial charge in [0.25, 0.3) is 10.0 Å². The maximum absolute atomic E-state index is 11.7. The number of hydrogen-bond donors (Lipinski definition) is 1. The van der Waals surface area contributed by atoms with E-state index >= 15 is 0 Å². The Labute approximate surface area is 102 Å². The summed E-state index contributed by atoms with van der Waals surface area (Å²) in [6, 6.07) is 1.72. The smallest absolute Gasteiger partial charge is 0.251 e. The monoisotopic (exact) mass is 313 g/mol. The van der Waals surface area contributed by atoms with E-state index in [4.69, 9.17) is 4.74 Å². The third-order valence-corrected chi connectivity index (χ3v) is 5.78. The predicted molar refractivity (Wildman–Crippen MR) is 63.7 cm³/mol. The molecule has 0 unspecified atom stereocenters. The molecular weight excluding hydrogens is 302 g/mol. The molecule has 4 nitrogen and oxygen atoms in total. The summed E-state index contributed by atoms with van der Waals surface area (Å²) in [5.74, 6) is 0. The SMILES string of the molecule is COCCCNS(=O)(=O)c1sccc1Br. The number of thiophene rings is 1. The van der Waals surface area contributed by atoms with Gasteiger partial charge in [0.2, 0.25) is 0 Å². The van der Waals surface area contributed by atoms with Gasteiger partial charge in [0.1, 0.15) is 4.21 Å². The summed E-state index contributed by atoms with van der Waals surface area (Å²) in [4.78, 5) is 0. The minimum Gasteiger partial charge on any atom is -0.385 e. The Morgan fingerprint density at radius 1 is 1.60 bits per heavy atom. The van der Waals surface area contributed by atoms with Gasteiger partial charge in [-0.05, 0) is 33.8 Å². The summed E-state index contributed by atoms with van der Waals surface area (Å²) in [6.45, 7) is 0.939. The van der Waals surface area contributed by atoms with E-state index in [-0.39, 0.29) is 0 Å². The van der Waals surface area contributed by atoms with Gasteiger partial charge in [-0.3, -0.25) is 0 Å². The Morgan fingerprint density at radius 3 is 2.87 bits per heavy atom. The first kappa shape index (κ1) is 13.1. The molecule has 1 N–H and O–H groups in total. The zero-order chi connectivity index (χ0) is 11.3. The second kappa shape index (κ2) is 5.95. The fraction of sp³-hybridized carbons (Fsp3) is 0.500. The number of rotatable bonds is 6. The van der Waals surface area contributed by atoms with Crippen LogP contribution in [0.25, 0.3) is 0 Å². The topological polar surface area (TPSA) is 55.4 Å². The average molecular weight is 314 g/mol. The maximum atomic E-state index is 11.7. The van der Waals surface area contributed by atoms with E-state index < -0.39 is 10.0 Å². The number of nitrogens with one attached hydrogen (secondary N) is 1. The van der Waals surface area contributed by atoms with E-state index in [0.717, 1.165) is 0 Å². The lowest BCUT2D eigenvalue weighted by atomic mass is 10.5. The lowest BCUT2D eigenvalue weighted by Crippen LogP contribution is -2.25. The van der Waals surface area contributed by atoms with Crippen LogP contribution in [0.4, 0.5) is 0 Å². The number of ether oxygens (including phenoxy) is 1. The molecule has 15 heavy (non-hydrogen) atoms. The molecule has 0 aliphatic rings. The van der Waals surface area contributed by atoms with Crippen LogP contribution in [0.1, 0.15) is 6.42 Å². The Hall–Kier alpha value is 0.0500. The molecule has 0 aromatic carbocycles. The van der Waals surface area contributed by atoms with Crippen molar-refractivity contribution in [3.63, 3.8) is 0 Å². The summed E-state index contributed by atoms with van der Waals surface area (Å²) in [7, 11) is -1.77. The van der Waals surface area contributed by atoms with Crippen molar-refractivity contribution >= 4 is 37.3 Å². The third-order valence-electron chi connectivity index (χ3n) is 1.65. The molecule has 86 valence electrons. The first-order valence-electron chi connectivity index (χ1n) is 4.29. The highest BCUT2D eigenvalue weighted by Crippen LogP contribution is 2.27. The molecule has 0 fully saturated rings. The van der Waals surface area contributed by atoms with Crippen LogP contribution in [0.2, 0.25) is 0 Å².